The van der Waals surface area contributed by atoms with Crippen molar-refractivity contribution in [3.05, 3.63) is 69.8 Å². The van der Waals surface area contributed by atoms with Crippen LogP contribution in [0.2, 0.25) is 0 Å². The molecule has 112 valence electrons. The van der Waals surface area contributed by atoms with Crippen molar-refractivity contribution in [2.24, 2.45) is 5.92 Å². The Morgan fingerprint density at radius 3 is 1.90 bits per heavy atom. The van der Waals surface area contributed by atoms with Crippen LogP contribution < -0.4 is 0 Å². The Morgan fingerprint density at radius 2 is 1.43 bits per heavy atom. The van der Waals surface area contributed by atoms with Gasteiger partial charge in [-0.05, 0) is 60.9 Å². The van der Waals surface area contributed by atoms with Crippen molar-refractivity contribution in [3.8, 4) is 0 Å². The Kier molecular flexibility index (Phi) is 5.27. The number of benzene rings is 2. The monoisotopic (exact) mass is 344 g/mol. The van der Waals surface area contributed by atoms with E-state index in [1.165, 1.54) is 33.4 Å². The molecule has 2 aromatic carbocycles. The van der Waals surface area contributed by atoms with Gasteiger partial charge < -0.3 is 0 Å². The minimum Gasteiger partial charge on any atom is -0.0786 e. The molecule has 1 atom stereocenters. The molecule has 2 rings (SSSR count). The third-order valence-corrected chi connectivity index (χ3v) is 4.89. The topological polar surface area (TPSA) is 0 Å². The lowest BCUT2D eigenvalue weighted by Crippen LogP contribution is -2.01. The average molecular weight is 345 g/mol. The summed E-state index contributed by atoms with van der Waals surface area (Å²) >= 11 is 3.90. The van der Waals surface area contributed by atoms with E-state index in [1.807, 2.05) is 0 Å². The van der Waals surface area contributed by atoms with Gasteiger partial charge in [-0.3, -0.25) is 0 Å². The van der Waals surface area contributed by atoms with Crippen LogP contribution in [0.3, 0.4) is 0 Å². The Hall–Kier alpha value is -1.08. The van der Waals surface area contributed by atoms with Gasteiger partial charge >= 0.3 is 0 Å². The van der Waals surface area contributed by atoms with Gasteiger partial charge in [0.15, 0.2) is 0 Å². The van der Waals surface area contributed by atoms with Gasteiger partial charge in [-0.2, -0.15) is 0 Å². The third kappa shape index (κ3) is 3.97. The van der Waals surface area contributed by atoms with Crippen LogP contribution in [0.25, 0.3) is 0 Å². The molecule has 21 heavy (non-hydrogen) atoms. The van der Waals surface area contributed by atoms with E-state index in [0.29, 0.717) is 5.92 Å². The first-order valence-electron chi connectivity index (χ1n) is 7.69. The molecule has 0 radical (unpaired) electrons. The zero-order valence-corrected chi connectivity index (χ0v) is 15.3. The second-order valence-corrected chi connectivity index (χ2v) is 7.43. The Morgan fingerprint density at radius 1 is 0.905 bits per heavy atom. The van der Waals surface area contributed by atoms with Crippen LogP contribution in [0.15, 0.2) is 36.4 Å². The number of rotatable bonds is 4. The Labute approximate surface area is 137 Å². The van der Waals surface area contributed by atoms with E-state index in [1.54, 1.807) is 0 Å². The van der Waals surface area contributed by atoms with Gasteiger partial charge in [0.1, 0.15) is 0 Å². The predicted octanol–water partition coefficient (Wildman–Crippen LogP) is 6.29. The molecule has 0 aliphatic carbocycles. The highest BCUT2D eigenvalue weighted by atomic mass is 79.9. The summed E-state index contributed by atoms with van der Waals surface area (Å²) in [5, 5.41) is 0. The van der Waals surface area contributed by atoms with Crippen molar-refractivity contribution >= 4 is 15.9 Å². The number of hydrogen-bond donors (Lipinski definition) is 0. The predicted molar refractivity (Wildman–Crippen MR) is 96.4 cm³/mol. The lowest BCUT2D eigenvalue weighted by molar-refractivity contribution is 0.647. The molecule has 0 fully saturated rings. The van der Waals surface area contributed by atoms with Gasteiger partial charge in [0.25, 0.3) is 0 Å². The quantitative estimate of drug-likeness (QED) is 0.571. The van der Waals surface area contributed by atoms with Gasteiger partial charge in [0, 0.05) is 0 Å². The van der Waals surface area contributed by atoms with Gasteiger partial charge in [-0.1, -0.05) is 71.7 Å². The van der Waals surface area contributed by atoms with Crippen LogP contribution in [-0.2, 0) is 6.42 Å². The number of hydrogen-bond acceptors (Lipinski definition) is 0. The molecule has 0 aliphatic rings. The normalized spacial score (nSPS) is 12.7. The van der Waals surface area contributed by atoms with Crippen molar-refractivity contribution in [3.63, 3.8) is 0 Å². The fraction of sp³-hybridized carbons (Fsp3) is 0.400. The minimum atomic E-state index is 0.270. The molecular formula is C20H25Br. The molecular weight excluding hydrogens is 320 g/mol. The van der Waals surface area contributed by atoms with E-state index >= 15 is 0 Å². The largest absolute Gasteiger partial charge is 0.0786 e. The summed E-state index contributed by atoms with van der Waals surface area (Å²) in [6, 6.07) is 13.6. The zero-order chi connectivity index (χ0) is 15.6. The summed E-state index contributed by atoms with van der Waals surface area (Å²) in [4.78, 5) is 0.270. The summed E-state index contributed by atoms with van der Waals surface area (Å²) < 4.78 is 0. The smallest absolute Gasteiger partial charge is 0.0649 e. The van der Waals surface area contributed by atoms with E-state index in [9.17, 15) is 0 Å². The third-order valence-electron chi connectivity index (χ3n) is 3.91. The molecule has 0 amide bonds. The SMILES string of the molecule is Cc1cc(C)c(C(Br)c2ccc(CC(C)C)cc2)c(C)c1. The van der Waals surface area contributed by atoms with Gasteiger partial charge in [0.05, 0.1) is 4.83 Å². The first-order chi connectivity index (χ1) is 9.88. The van der Waals surface area contributed by atoms with E-state index in [0.717, 1.165) is 6.42 Å². The summed E-state index contributed by atoms with van der Waals surface area (Å²) in [5.74, 6) is 0.706. The molecule has 0 bridgehead atoms. The molecule has 0 N–H and O–H groups in total. The zero-order valence-electron chi connectivity index (χ0n) is 13.7. The maximum Gasteiger partial charge on any atom is 0.0649 e. The summed E-state index contributed by atoms with van der Waals surface area (Å²) in [6.07, 6.45) is 1.15. The summed E-state index contributed by atoms with van der Waals surface area (Å²) in [7, 11) is 0. The van der Waals surface area contributed by atoms with Gasteiger partial charge in [-0.25, -0.2) is 0 Å². The van der Waals surface area contributed by atoms with Crippen molar-refractivity contribution in [2.45, 2.75) is 45.9 Å². The average Bonchev–Trinajstić information content (AvgIpc) is 2.37. The van der Waals surface area contributed by atoms with Crippen LogP contribution in [0.5, 0.6) is 0 Å². The molecule has 1 unspecified atom stereocenters. The van der Waals surface area contributed by atoms with Crippen molar-refractivity contribution in [1.82, 2.24) is 0 Å². The lowest BCUT2D eigenvalue weighted by atomic mass is 9.93. The Balaban J connectivity index is 2.30. The van der Waals surface area contributed by atoms with Gasteiger partial charge in [0.2, 0.25) is 0 Å². The molecule has 2 aromatic rings. The lowest BCUT2D eigenvalue weighted by Gasteiger charge is -2.18. The molecule has 0 heterocycles. The van der Waals surface area contributed by atoms with Crippen LogP contribution >= 0.6 is 15.9 Å². The highest BCUT2D eigenvalue weighted by Gasteiger charge is 2.15. The van der Waals surface area contributed by atoms with E-state index in [-0.39, 0.29) is 4.83 Å². The number of alkyl halides is 1. The fourth-order valence-corrected chi connectivity index (χ4v) is 4.08. The van der Waals surface area contributed by atoms with Crippen molar-refractivity contribution in [1.29, 1.82) is 0 Å². The first kappa shape index (κ1) is 16.3. The Bertz CT molecular complexity index is 585. The number of halogens is 1. The van der Waals surface area contributed by atoms with E-state index < -0.39 is 0 Å². The molecule has 0 aliphatic heterocycles. The first-order valence-corrected chi connectivity index (χ1v) is 8.60. The summed E-state index contributed by atoms with van der Waals surface area (Å²) in [5.41, 5.74) is 8.21. The molecule has 0 nitrogen and oxygen atoms in total. The molecule has 0 saturated carbocycles. The van der Waals surface area contributed by atoms with Crippen LogP contribution in [0, 0.1) is 26.7 Å². The molecule has 0 aromatic heterocycles. The van der Waals surface area contributed by atoms with Crippen LogP contribution in [0.4, 0.5) is 0 Å². The van der Waals surface area contributed by atoms with E-state index in [2.05, 4.69) is 86.9 Å². The second-order valence-electron chi connectivity index (χ2n) is 6.51. The highest BCUT2D eigenvalue weighted by Crippen LogP contribution is 2.35. The minimum absolute atomic E-state index is 0.270. The summed E-state index contributed by atoms with van der Waals surface area (Å²) in [6.45, 7) is 11.1. The maximum atomic E-state index is 3.90. The molecule has 0 saturated heterocycles. The molecule has 1 heteroatoms. The van der Waals surface area contributed by atoms with Crippen molar-refractivity contribution in [2.75, 3.05) is 0 Å². The second kappa shape index (κ2) is 6.79. The van der Waals surface area contributed by atoms with Crippen LogP contribution in [-0.4, -0.2) is 0 Å². The van der Waals surface area contributed by atoms with Crippen LogP contribution in [0.1, 0.15) is 52.1 Å². The number of aryl methyl sites for hydroxylation is 3. The molecule has 0 spiro atoms. The fourth-order valence-electron chi connectivity index (χ4n) is 3.05. The van der Waals surface area contributed by atoms with E-state index in [4.69, 9.17) is 0 Å². The standard InChI is InChI=1S/C20H25Br/c1-13(2)10-17-6-8-18(9-7-17)20(21)19-15(4)11-14(3)12-16(19)5/h6-9,11-13,20H,10H2,1-5H3. The van der Waals surface area contributed by atoms with Crippen molar-refractivity contribution < 1.29 is 0 Å². The maximum absolute atomic E-state index is 3.90. The highest BCUT2D eigenvalue weighted by molar-refractivity contribution is 9.09. The van der Waals surface area contributed by atoms with Gasteiger partial charge in [-0.15, -0.1) is 0 Å².